The summed E-state index contributed by atoms with van der Waals surface area (Å²) in [6.07, 6.45) is 1.51. The fourth-order valence-corrected chi connectivity index (χ4v) is 3.50. The molecule has 0 saturated carbocycles. The van der Waals surface area contributed by atoms with Crippen LogP contribution < -0.4 is 5.32 Å². The van der Waals surface area contributed by atoms with E-state index >= 15 is 0 Å². The van der Waals surface area contributed by atoms with Gasteiger partial charge in [-0.1, -0.05) is 35.9 Å². The van der Waals surface area contributed by atoms with Crippen LogP contribution in [0, 0.1) is 11.2 Å². The van der Waals surface area contributed by atoms with Gasteiger partial charge in [0.05, 0.1) is 18.2 Å². The number of amides is 1. The number of aromatic nitrogens is 3. The molecule has 0 bridgehead atoms. The Labute approximate surface area is 188 Å². The van der Waals surface area contributed by atoms with Gasteiger partial charge in [-0.05, 0) is 49.1 Å². The van der Waals surface area contributed by atoms with E-state index in [1.54, 1.807) is 24.3 Å². The zero-order valence-corrected chi connectivity index (χ0v) is 17.9. The Balaban J connectivity index is 1.82. The van der Waals surface area contributed by atoms with E-state index in [4.69, 9.17) is 11.6 Å². The number of carbonyl (C=O) groups is 2. The summed E-state index contributed by atoms with van der Waals surface area (Å²) in [5.74, 6) is -2.10. The van der Waals surface area contributed by atoms with Crippen molar-refractivity contribution >= 4 is 23.5 Å². The first-order chi connectivity index (χ1) is 15.2. The lowest BCUT2D eigenvalue weighted by molar-refractivity contribution is -0.151. The van der Waals surface area contributed by atoms with Gasteiger partial charge in [-0.25, -0.2) is 4.39 Å². The van der Waals surface area contributed by atoms with Crippen molar-refractivity contribution in [3.05, 3.63) is 70.8 Å². The minimum absolute atomic E-state index is 0.0207. The molecule has 4 N–H and O–H groups in total. The van der Waals surface area contributed by atoms with Crippen LogP contribution in [0.5, 0.6) is 0 Å². The Hall–Kier alpha value is -3.30. The monoisotopic (exact) mass is 460 g/mol. The number of aliphatic hydroxyl groups is 1. The third kappa shape index (κ3) is 5.49. The number of halogens is 2. The highest BCUT2D eigenvalue weighted by atomic mass is 35.5. The molecule has 2 atom stereocenters. The number of hydrogen-bond donors (Lipinski definition) is 4. The summed E-state index contributed by atoms with van der Waals surface area (Å²) >= 11 is 5.97. The second kappa shape index (κ2) is 9.88. The number of aliphatic carboxylic acids is 1. The lowest BCUT2D eigenvalue weighted by Gasteiger charge is -2.28. The van der Waals surface area contributed by atoms with Gasteiger partial charge in [0.15, 0.2) is 5.69 Å². The van der Waals surface area contributed by atoms with E-state index in [1.165, 1.54) is 31.3 Å². The standard InChI is InChI=1S/C22H22ClFN4O4/c1-22(12-29,21(31)32)10-16(26-20(30)19-11-25-28-27-19)8-13-2-4-14(5-3-13)17-9-15(23)6-7-18(17)24/h2-7,9,11,16,29H,8,10,12H2,1H3,(H,26,30)(H,31,32)(H,25,27,28)/t16-,22+/m1/s1. The van der Waals surface area contributed by atoms with E-state index in [1.807, 2.05) is 0 Å². The number of H-pyrrole nitrogens is 1. The summed E-state index contributed by atoms with van der Waals surface area (Å²) in [6.45, 7) is 0.821. The van der Waals surface area contributed by atoms with Crippen molar-refractivity contribution in [1.29, 1.82) is 0 Å². The van der Waals surface area contributed by atoms with Crippen molar-refractivity contribution in [2.24, 2.45) is 5.41 Å². The van der Waals surface area contributed by atoms with Crippen LogP contribution in [0.25, 0.3) is 11.1 Å². The molecule has 0 spiro atoms. The molecule has 3 rings (SSSR count). The number of rotatable bonds is 9. The van der Waals surface area contributed by atoms with Crippen molar-refractivity contribution in [2.45, 2.75) is 25.8 Å². The topological polar surface area (TPSA) is 128 Å². The van der Waals surface area contributed by atoms with Gasteiger partial charge < -0.3 is 15.5 Å². The van der Waals surface area contributed by atoms with Crippen molar-refractivity contribution in [1.82, 2.24) is 20.7 Å². The van der Waals surface area contributed by atoms with Gasteiger partial charge in [-0.3, -0.25) is 9.59 Å². The Morgan fingerprint density at radius 3 is 2.56 bits per heavy atom. The molecule has 0 aliphatic heterocycles. The molecule has 3 aromatic rings. The Morgan fingerprint density at radius 2 is 1.97 bits per heavy atom. The molecule has 8 nitrogen and oxygen atoms in total. The van der Waals surface area contributed by atoms with Gasteiger partial charge in [0.1, 0.15) is 5.82 Å². The third-order valence-electron chi connectivity index (χ3n) is 5.22. The first-order valence-electron chi connectivity index (χ1n) is 9.77. The van der Waals surface area contributed by atoms with Crippen LogP contribution in [0.1, 0.15) is 29.4 Å². The van der Waals surface area contributed by atoms with Gasteiger partial charge in [-0.15, -0.1) is 0 Å². The minimum Gasteiger partial charge on any atom is -0.481 e. The number of nitrogens with zero attached hydrogens (tertiary/aromatic N) is 2. The average molecular weight is 461 g/mol. The van der Waals surface area contributed by atoms with Gasteiger partial charge in [0.25, 0.3) is 5.91 Å². The molecule has 10 heteroatoms. The van der Waals surface area contributed by atoms with E-state index < -0.39 is 35.8 Å². The molecular formula is C22H22ClFN4O4. The van der Waals surface area contributed by atoms with Crippen molar-refractivity contribution in [2.75, 3.05) is 6.61 Å². The zero-order chi connectivity index (χ0) is 23.3. The van der Waals surface area contributed by atoms with Crippen LogP contribution in [-0.4, -0.2) is 50.1 Å². The van der Waals surface area contributed by atoms with Crippen LogP contribution in [-0.2, 0) is 11.2 Å². The number of aliphatic hydroxyl groups excluding tert-OH is 1. The second-order valence-corrected chi connectivity index (χ2v) is 8.22. The molecule has 1 amide bonds. The molecule has 2 aromatic carbocycles. The lowest BCUT2D eigenvalue weighted by atomic mass is 9.82. The average Bonchev–Trinajstić information content (AvgIpc) is 3.31. The fourth-order valence-electron chi connectivity index (χ4n) is 3.33. The van der Waals surface area contributed by atoms with Crippen molar-refractivity contribution in [3.63, 3.8) is 0 Å². The highest BCUT2D eigenvalue weighted by Crippen LogP contribution is 2.28. The summed E-state index contributed by atoms with van der Waals surface area (Å²) in [7, 11) is 0. The maximum absolute atomic E-state index is 14.1. The first kappa shape index (κ1) is 23.4. The lowest BCUT2D eigenvalue weighted by Crippen LogP contribution is -2.44. The maximum Gasteiger partial charge on any atom is 0.311 e. The molecule has 32 heavy (non-hydrogen) atoms. The molecule has 0 unspecified atom stereocenters. The summed E-state index contributed by atoms with van der Waals surface area (Å²) in [6, 6.07) is 10.7. The van der Waals surface area contributed by atoms with Gasteiger partial charge in [-0.2, -0.15) is 15.4 Å². The number of carboxylic acid groups (broad SMARTS) is 1. The first-order valence-corrected chi connectivity index (χ1v) is 10.1. The number of benzene rings is 2. The van der Waals surface area contributed by atoms with Gasteiger partial charge in [0.2, 0.25) is 0 Å². The summed E-state index contributed by atoms with van der Waals surface area (Å²) < 4.78 is 14.1. The largest absolute Gasteiger partial charge is 0.481 e. The van der Waals surface area contributed by atoms with Crippen LogP contribution in [0.3, 0.4) is 0 Å². The molecule has 168 valence electrons. The van der Waals surface area contributed by atoms with Crippen LogP contribution in [0.2, 0.25) is 5.02 Å². The number of nitrogens with one attached hydrogen (secondary N) is 2. The van der Waals surface area contributed by atoms with E-state index in [2.05, 4.69) is 20.7 Å². The molecule has 1 aromatic heterocycles. The highest BCUT2D eigenvalue weighted by Gasteiger charge is 2.36. The molecule has 0 fully saturated rings. The van der Waals surface area contributed by atoms with E-state index in [0.717, 1.165) is 5.56 Å². The fraction of sp³-hybridized carbons (Fsp3) is 0.273. The van der Waals surface area contributed by atoms with Crippen LogP contribution in [0.15, 0.2) is 48.7 Å². The summed E-state index contributed by atoms with van der Waals surface area (Å²) in [4.78, 5) is 24.1. The molecule has 1 heterocycles. The van der Waals surface area contributed by atoms with Gasteiger partial charge >= 0.3 is 5.97 Å². The molecule has 0 saturated heterocycles. The van der Waals surface area contributed by atoms with Crippen LogP contribution >= 0.6 is 11.6 Å². The molecule has 0 aliphatic carbocycles. The predicted octanol–water partition coefficient (Wildman–Crippen LogP) is 3.08. The van der Waals surface area contributed by atoms with E-state index in [-0.39, 0.29) is 18.5 Å². The maximum atomic E-state index is 14.1. The number of hydrogen-bond acceptors (Lipinski definition) is 5. The number of aromatic amines is 1. The predicted molar refractivity (Wildman–Crippen MR) is 116 cm³/mol. The Bertz CT molecular complexity index is 1090. The van der Waals surface area contributed by atoms with E-state index in [9.17, 15) is 24.2 Å². The third-order valence-corrected chi connectivity index (χ3v) is 5.46. The van der Waals surface area contributed by atoms with Crippen LogP contribution in [0.4, 0.5) is 4.39 Å². The Kier molecular flexibility index (Phi) is 7.22. The SMILES string of the molecule is C[C@@](CO)(C[C@@H](Cc1ccc(-c2cc(Cl)ccc2F)cc1)NC(=O)c1cn[nH]n1)C(=O)O. The van der Waals surface area contributed by atoms with E-state index in [0.29, 0.717) is 16.1 Å². The van der Waals surface area contributed by atoms with Gasteiger partial charge in [0, 0.05) is 16.6 Å². The number of carbonyl (C=O) groups excluding carboxylic acids is 1. The number of carboxylic acids is 1. The second-order valence-electron chi connectivity index (χ2n) is 7.78. The molecule has 0 radical (unpaired) electrons. The Morgan fingerprint density at radius 1 is 1.25 bits per heavy atom. The summed E-state index contributed by atoms with van der Waals surface area (Å²) in [5, 5.41) is 32.0. The van der Waals surface area contributed by atoms with Crippen molar-refractivity contribution in [3.8, 4) is 11.1 Å². The quantitative estimate of drug-likeness (QED) is 0.388. The smallest absolute Gasteiger partial charge is 0.311 e. The minimum atomic E-state index is -1.45. The van der Waals surface area contributed by atoms with Crippen molar-refractivity contribution < 1.29 is 24.2 Å². The highest BCUT2D eigenvalue weighted by molar-refractivity contribution is 6.30. The zero-order valence-electron chi connectivity index (χ0n) is 17.2. The molecule has 0 aliphatic rings. The molecular weight excluding hydrogens is 439 g/mol. The summed E-state index contributed by atoms with van der Waals surface area (Å²) in [5.41, 5.74) is 0.377. The normalized spacial score (nSPS) is 13.9.